The van der Waals surface area contributed by atoms with Gasteiger partial charge in [0.05, 0.1) is 5.56 Å². The Labute approximate surface area is 165 Å². The van der Waals surface area contributed by atoms with Crippen LogP contribution in [0.1, 0.15) is 28.5 Å². The number of carbonyl (C=O) groups excluding carboxylic acids is 1. The third-order valence-corrected chi connectivity index (χ3v) is 4.52. The van der Waals surface area contributed by atoms with Crippen molar-refractivity contribution in [2.24, 2.45) is 10.7 Å². The number of nitrogens with one attached hydrogen (secondary N) is 1. The van der Waals surface area contributed by atoms with Crippen LogP contribution in [-0.2, 0) is 16.5 Å². The summed E-state index contributed by atoms with van der Waals surface area (Å²) in [6.07, 6.45) is -3.86. The fourth-order valence-corrected chi connectivity index (χ4v) is 2.88. The zero-order chi connectivity index (χ0) is 22.3. The number of nitrogens with zero attached hydrogens (tertiary/aromatic N) is 2. The van der Waals surface area contributed by atoms with Gasteiger partial charge in [0.1, 0.15) is 11.5 Å². The van der Waals surface area contributed by atoms with E-state index >= 15 is 0 Å². The fourth-order valence-electron chi connectivity index (χ4n) is 2.88. The van der Waals surface area contributed by atoms with Crippen LogP contribution in [-0.4, -0.2) is 29.4 Å². The summed E-state index contributed by atoms with van der Waals surface area (Å²) < 4.78 is 87.1. The topological polar surface area (TPSA) is 89.6 Å². The van der Waals surface area contributed by atoms with E-state index in [-0.39, 0.29) is 5.69 Å². The first-order valence-corrected chi connectivity index (χ1v) is 8.35. The quantitative estimate of drug-likeness (QED) is 0.725. The van der Waals surface area contributed by atoms with E-state index in [1.54, 1.807) is 0 Å². The summed E-state index contributed by atoms with van der Waals surface area (Å²) in [4.78, 5) is 19.3. The van der Waals surface area contributed by atoms with Gasteiger partial charge in [-0.3, -0.25) is 9.78 Å². The number of halogens is 6. The van der Waals surface area contributed by atoms with Crippen LogP contribution < -0.4 is 11.1 Å². The molecule has 160 valence electrons. The van der Waals surface area contributed by atoms with Gasteiger partial charge in [0.25, 0.3) is 11.9 Å². The molecular weight excluding hydrogens is 418 g/mol. The second kappa shape index (κ2) is 7.18. The third kappa shape index (κ3) is 3.76. The molecule has 0 unspecified atom stereocenters. The smallest absolute Gasteiger partial charge is 0.418 e. The Kier molecular flexibility index (Phi) is 5.12. The Morgan fingerprint density at radius 1 is 1.27 bits per heavy atom. The van der Waals surface area contributed by atoms with Crippen molar-refractivity contribution in [3.63, 3.8) is 0 Å². The molecule has 3 rings (SSSR count). The summed E-state index contributed by atoms with van der Waals surface area (Å²) in [7, 11) is 0. The normalized spacial score (nSPS) is 20.8. The minimum absolute atomic E-state index is 0.243. The molecule has 0 fully saturated rings. The SMILES string of the molecule is C[C@]1(c2cc(NC(=O)c3ncccc3C(F)(F)F)ccc2F)N=C(N)OCC1(F)F. The number of aromatic nitrogens is 1. The molecule has 1 atom stereocenters. The first kappa shape index (κ1) is 21.4. The van der Waals surface area contributed by atoms with Gasteiger partial charge in [0.2, 0.25) is 0 Å². The van der Waals surface area contributed by atoms with Gasteiger partial charge in [-0.15, -0.1) is 0 Å². The molecule has 3 N–H and O–H groups in total. The predicted molar refractivity (Wildman–Crippen MR) is 93.5 cm³/mol. The van der Waals surface area contributed by atoms with Gasteiger partial charge >= 0.3 is 12.1 Å². The van der Waals surface area contributed by atoms with Crippen molar-refractivity contribution in [2.45, 2.75) is 24.6 Å². The summed E-state index contributed by atoms with van der Waals surface area (Å²) in [6, 6.07) is 3.71. The van der Waals surface area contributed by atoms with Gasteiger partial charge in [-0.1, -0.05) is 0 Å². The van der Waals surface area contributed by atoms with E-state index in [2.05, 4.69) is 20.0 Å². The summed E-state index contributed by atoms with van der Waals surface area (Å²) >= 11 is 0. The van der Waals surface area contributed by atoms with E-state index < -0.39 is 58.8 Å². The number of carbonyl (C=O) groups is 1. The highest BCUT2D eigenvalue weighted by Crippen LogP contribution is 2.45. The summed E-state index contributed by atoms with van der Waals surface area (Å²) in [5.74, 6) is -6.00. The number of pyridine rings is 1. The number of alkyl halides is 5. The minimum atomic E-state index is -4.85. The highest BCUT2D eigenvalue weighted by Gasteiger charge is 2.56. The van der Waals surface area contributed by atoms with Crippen LogP contribution in [0.15, 0.2) is 41.5 Å². The van der Waals surface area contributed by atoms with Crippen molar-refractivity contribution in [2.75, 3.05) is 11.9 Å². The Bertz CT molecular complexity index is 1020. The van der Waals surface area contributed by atoms with Crippen LogP contribution in [0.2, 0.25) is 0 Å². The van der Waals surface area contributed by atoms with Crippen molar-refractivity contribution in [3.8, 4) is 0 Å². The third-order valence-electron chi connectivity index (χ3n) is 4.52. The Morgan fingerprint density at radius 2 is 1.97 bits per heavy atom. The number of hydrogen-bond acceptors (Lipinski definition) is 5. The zero-order valence-electron chi connectivity index (χ0n) is 15.2. The lowest BCUT2D eigenvalue weighted by molar-refractivity contribution is -0.138. The second-order valence-corrected chi connectivity index (χ2v) is 6.56. The van der Waals surface area contributed by atoms with E-state index in [9.17, 15) is 31.1 Å². The lowest BCUT2D eigenvalue weighted by Crippen LogP contribution is -2.51. The van der Waals surface area contributed by atoms with Crippen LogP contribution in [0.4, 0.5) is 32.0 Å². The number of ether oxygens (including phenoxy) is 1. The number of benzene rings is 1. The maximum Gasteiger partial charge on any atom is 0.418 e. The van der Waals surface area contributed by atoms with Crippen LogP contribution in [0.25, 0.3) is 0 Å². The van der Waals surface area contributed by atoms with Crippen molar-refractivity contribution in [1.29, 1.82) is 0 Å². The molecule has 12 heteroatoms. The van der Waals surface area contributed by atoms with Gasteiger partial charge in [0, 0.05) is 17.4 Å². The highest BCUT2D eigenvalue weighted by molar-refractivity contribution is 6.04. The minimum Gasteiger partial charge on any atom is -0.459 e. The molecule has 0 saturated carbocycles. The van der Waals surface area contributed by atoms with Crippen LogP contribution in [0, 0.1) is 5.82 Å². The maximum absolute atomic E-state index is 14.5. The van der Waals surface area contributed by atoms with E-state index in [0.29, 0.717) is 6.07 Å². The molecule has 1 aromatic carbocycles. The standard InChI is InChI=1S/C18H14F6N4O2/c1-16(17(20,21)8-30-15(25)28-16)11-7-9(4-5-12(11)19)27-14(29)13-10(18(22,23)24)3-2-6-26-13/h2-7H,8H2,1H3,(H2,25,28)(H,27,29)/t16-/m1/s1. The number of amides is 1. The highest BCUT2D eigenvalue weighted by atomic mass is 19.4. The monoisotopic (exact) mass is 432 g/mol. The second-order valence-electron chi connectivity index (χ2n) is 6.56. The molecule has 1 amide bonds. The summed E-state index contributed by atoms with van der Waals surface area (Å²) in [5.41, 5.74) is -0.202. The fraction of sp³-hybridized carbons (Fsp3) is 0.278. The Hall–Kier alpha value is -3.31. The van der Waals surface area contributed by atoms with Gasteiger partial charge in [-0.2, -0.15) is 22.0 Å². The van der Waals surface area contributed by atoms with Crippen LogP contribution in [0.3, 0.4) is 0 Å². The maximum atomic E-state index is 14.5. The van der Waals surface area contributed by atoms with E-state index in [1.807, 2.05) is 0 Å². The Morgan fingerprint density at radius 3 is 2.63 bits per heavy atom. The predicted octanol–water partition coefficient (Wildman–Crippen LogP) is 3.69. The van der Waals surface area contributed by atoms with Gasteiger partial charge in [0.15, 0.2) is 12.1 Å². The number of aliphatic imine (C=N–C) groups is 1. The molecule has 6 nitrogen and oxygen atoms in total. The molecule has 0 radical (unpaired) electrons. The van der Waals surface area contributed by atoms with Crippen LogP contribution >= 0.6 is 0 Å². The molecule has 0 saturated heterocycles. The summed E-state index contributed by atoms with van der Waals surface area (Å²) in [5, 5.41) is 2.11. The molecule has 1 aliphatic heterocycles. The van der Waals surface area contributed by atoms with Gasteiger partial charge in [-0.05, 0) is 37.3 Å². The Balaban J connectivity index is 2.00. The average Bonchev–Trinajstić information content (AvgIpc) is 2.66. The number of amidine groups is 1. The average molecular weight is 432 g/mol. The van der Waals surface area contributed by atoms with E-state index in [0.717, 1.165) is 37.4 Å². The summed E-state index contributed by atoms with van der Waals surface area (Å²) in [6.45, 7) is -0.232. The molecule has 2 aromatic rings. The molecule has 30 heavy (non-hydrogen) atoms. The number of nitrogens with two attached hydrogens (primary N) is 1. The first-order valence-electron chi connectivity index (χ1n) is 8.35. The van der Waals surface area contributed by atoms with Crippen LogP contribution in [0.5, 0.6) is 0 Å². The lowest BCUT2D eigenvalue weighted by Gasteiger charge is -2.37. The first-order chi connectivity index (χ1) is 13.8. The zero-order valence-corrected chi connectivity index (χ0v) is 15.2. The lowest BCUT2D eigenvalue weighted by atomic mass is 9.85. The molecule has 0 aliphatic carbocycles. The number of hydrogen-bond donors (Lipinski definition) is 2. The molecule has 2 heterocycles. The number of anilines is 1. The molecule has 1 aliphatic rings. The van der Waals surface area contributed by atoms with E-state index in [4.69, 9.17) is 5.73 Å². The van der Waals surface area contributed by atoms with Gasteiger partial charge in [-0.25, -0.2) is 9.38 Å². The van der Waals surface area contributed by atoms with Crippen molar-refractivity contribution >= 4 is 17.6 Å². The van der Waals surface area contributed by atoms with Gasteiger partial charge < -0.3 is 15.8 Å². The molecule has 0 bridgehead atoms. The molecular formula is C18H14F6N4O2. The van der Waals surface area contributed by atoms with Crippen molar-refractivity contribution in [1.82, 2.24) is 4.98 Å². The largest absolute Gasteiger partial charge is 0.459 e. The van der Waals surface area contributed by atoms with E-state index in [1.165, 1.54) is 0 Å². The molecule has 1 aromatic heterocycles. The molecule has 0 spiro atoms. The van der Waals surface area contributed by atoms with Crippen molar-refractivity contribution in [3.05, 3.63) is 59.2 Å². The number of rotatable bonds is 3. The van der Waals surface area contributed by atoms with Crippen molar-refractivity contribution < 1.29 is 35.9 Å².